The van der Waals surface area contributed by atoms with Gasteiger partial charge in [0.15, 0.2) is 5.78 Å². The van der Waals surface area contributed by atoms with Gasteiger partial charge in [0.1, 0.15) is 0 Å². The number of carbonyl (C=O) groups is 1. The van der Waals surface area contributed by atoms with Gasteiger partial charge in [-0.15, -0.1) is 0 Å². The van der Waals surface area contributed by atoms with Crippen molar-refractivity contribution in [2.24, 2.45) is 0 Å². The average Bonchev–Trinajstić information content (AvgIpc) is 2.37. The monoisotopic (exact) mass is 250 g/mol. The maximum atomic E-state index is 11.4. The van der Waals surface area contributed by atoms with Crippen LogP contribution in [0.1, 0.15) is 44.0 Å². The molecule has 0 spiro atoms. The Hall–Kier alpha value is -1.55. The zero-order valence-corrected chi connectivity index (χ0v) is 11.3. The van der Waals surface area contributed by atoms with Gasteiger partial charge in [0.25, 0.3) is 0 Å². The molecule has 0 heterocycles. The molecule has 0 atom stereocenters. The average molecular weight is 250 g/mol. The first-order valence-electron chi connectivity index (χ1n) is 6.28. The SMILES string of the molecule is CCC(O)(CC)CNc1ccc(N)c(C(C)=O)c1. The van der Waals surface area contributed by atoms with Crippen LogP contribution < -0.4 is 11.1 Å². The number of carbonyl (C=O) groups excluding carboxylic acids is 1. The second kappa shape index (κ2) is 5.87. The van der Waals surface area contributed by atoms with Crippen molar-refractivity contribution in [2.75, 3.05) is 17.6 Å². The molecule has 0 aromatic heterocycles. The summed E-state index contributed by atoms with van der Waals surface area (Å²) < 4.78 is 0. The van der Waals surface area contributed by atoms with Crippen LogP contribution in [0.2, 0.25) is 0 Å². The first-order chi connectivity index (χ1) is 8.41. The predicted molar refractivity (Wildman–Crippen MR) is 74.9 cm³/mol. The number of aliphatic hydroxyl groups is 1. The number of Topliss-reactive ketones (excluding diaryl/α,β-unsaturated/α-hetero) is 1. The van der Waals surface area contributed by atoms with Crippen LogP contribution in [0.5, 0.6) is 0 Å². The lowest BCUT2D eigenvalue weighted by Gasteiger charge is -2.26. The van der Waals surface area contributed by atoms with Crippen molar-refractivity contribution in [3.63, 3.8) is 0 Å². The maximum absolute atomic E-state index is 11.4. The van der Waals surface area contributed by atoms with E-state index in [0.717, 1.165) is 5.69 Å². The van der Waals surface area contributed by atoms with Gasteiger partial charge in [0.05, 0.1) is 5.60 Å². The van der Waals surface area contributed by atoms with Crippen LogP contribution in [0.15, 0.2) is 18.2 Å². The van der Waals surface area contributed by atoms with E-state index in [4.69, 9.17) is 5.73 Å². The van der Waals surface area contributed by atoms with Crippen LogP contribution in [0.3, 0.4) is 0 Å². The van der Waals surface area contributed by atoms with Crippen LogP contribution in [-0.4, -0.2) is 23.0 Å². The molecule has 0 unspecified atom stereocenters. The van der Waals surface area contributed by atoms with Crippen molar-refractivity contribution < 1.29 is 9.90 Å². The van der Waals surface area contributed by atoms with Gasteiger partial charge in [-0.2, -0.15) is 0 Å². The Labute approximate surface area is 108 Å². The third kappa shape index (κ3) is 3.47. The molecule has 0 radical (unpaired) electrons. The van der Waals surface area contributed by atoms with Crippen molar-refractivity contribution in [3.05, 3.63) is 23.8 Å². The molecule has 0 saturated heterocycles. The molecule has 4 N–H and O–H groups in total. The van der Waals surface area contributed by atoms with E-state index in [1.807, 2.05) is 19.9 Å². The van der Waals surface area contributed by atoms with Crippen molar-refractivity contribution in [1.82, 2.24) is 0 Å². The summed E-state index contributed by atoms with van der Waals surface area (Å²) in [4.78, 5) is 11.4. The van der Waals surface area contributed by atoms with Crippen molar-refractivity contribution in [1.29, 1.82) is 0 Å². The zero-order chi connectivity index (χ0) is 13.8. The van der Waals surface area contributed by atoms with E-state index in [1.165, 1.54) is 6.92 Å². The minimum absolute atomic E-state index is 0.0580. The number of nitrogen functional groups attached to an aromatic ring is 1. The lowest BCUT2D eigenvalue weighted by atomic mass is 9.97. The Bertz CT molecular complexity index is 426. The Balaban J connectivity index is 2.80. The lowest BCUT2D eigenvalue weighted by Crippen LogP contribution is -2.35. The van der Waals surface area contributed by atoms with E-state index in [9.17, 15) is 9.90 Å². The van der Waals surface area contributed by atoms with Gasteiger partial charge in [0.2, 0.25) is 0 Å². The van der Waals surface area contributed by atoms with Crippen molar-refractivity contribution in [2.45, 2.75) is 39.2 Å². The summed E-state index contributed by atoms with van der Waals surface area (Å²) >= 11 is 0. The number of nitrogens with one attached hydrogen (secondary N) is 1. The standard InChI is InChI=1S/C14H22N2O2/c1-4-14(18,5-2)9-16-11-6-7-13(15)12(8-11)10(3)17/h6-8,16,18H,4-5,9,15H2,1-3H3. The topological polar surface area (TPSA) is 75.3 Å². The van der Waals surface area contributed by atoms with Gasteiger partial charge in [0, 0.05) is 23.5 Å². The third-order valence-corrected chi connectivity index (χ3v) is 3.37. The fourth-order valence-corrected chi connectivity index (χ4v) is 1.74. The minimum Gasteiger partial charge on any atom is -0.398 e. The van der Waals surface area contributed by atoms with Crippen LogP contribution in [0.4, 0.5) is 11.4 Å². The van der Waals surface area contributed by atoms with E-state index >= 15 is 0 Å². The third-order valence-electron chi connectivity index (χ3n) is 3.37. The van der Waals surface area contributed by atoms with Crippen LogP contribution in [0, 0.1) is 0 Å². The Kier molecular flexibility index (Phi) is 4.73. The number of ketones is 1. The maximum Gasteiger partial charge on any atom is 0.161 e. The fourth-order valence-electron chi connectivity index (χ4n) is 1.74. The highest BCUT2D eigenvalue weighted by atomic mass is 16.3. The molecule has 0 aliphatic heterocycles. The molecule has 100 valence electrons. The highest BCUT2D eigenvalue weighted by molar-refractivity contribution is 6.00. The molecule has 0 bridgehead atoms. The number of hydrogen-bond acceptors (Lipinski definition) is 4. The molecular formula is C14H22N2O2. The quantitative estimate of drug-likeness (QED) is 0.535. The molecule has 1 aromatic rings. The molecule has 18 heavy (non-hydrogen) atoms. The normalized spacial score (nSPS) is 11.3. The van der Waals surface area contributed by atoms with E-state index in [2.05, 4.69) is 5.32 Å². The van der Waals surface area contributed by atoms with Crippen molar-refractivity contribution >= 4 is 17.2 Å². The molecular weight excluding hydrogens is 228 g/mol. The van der Waals surface area contributed by atoms with E-state index in [0.29, 0.717) is 30.6 Å². The number of anilines is 2. The largest absolute Gasteiger partial charge is 0.398 e. The summed E-state index contributed by atoms with van der Waals surface area (Å²) in [6, 6.07) is 5.24. The summed E-state index contributed by atoms with van der Waals surface area (Å²) in [6.45, 7) is 5.86. The highest BCUT2D eigenvalue weighted by Gasteiger charge is 2.21. The minimum atomic E-state index is -0.711. The Morgan fingerprint density at radius 3 is 2.50 bits per heavy atom. The van der Waals surface area contributed by atoms with E-state index in [-0.39, 0.29) is 5.78 Å². The van der Waals surface area contributed by atoms with Crippen molar-refractivity contribution in [3.8, 4) is 0 Å². The number of hydrogen-bond donors (Lipinski definition) is 3. The first-order valence-corrected chi connectivity index (χ1v) is 6.28. The smallest absolute Gasteiger partial charge is 0.161 e. The van der Waals surface area contributed by atoms with Gasteiger partial charge in [-0.05, 0) is 38.0 Å². The fraction of sp³-hybridized carbons (Fsp3) is 0.500. The van der Waals surface area contributed by atoms with E-state index in [1.54, 1.807) is 12.1 Å². The second-order valence-electron chi connectivity index (χ2n) is 4.64. The summed E-state index contributed by atoms with van der Waals surface area (Å²) in [5.74, 6) is -0.0580. The summed E-state index contributed by atoms with van der Waals surface area (Å²) in [7, 11) is 0. The summed E-state index contributed by atoms with van der Waals surface area (Å²) in [6.07, 6.45) is 1.37. The molecule has 0 saturated carbocycles. The summed E-state index contributed by atoms with van der Waals surface area (Å²) in [5.41, 5.74) is 6.81. The van der Waals surface area contributed by atoms with Gasteiger partial charge in [-0.25, -0.2) is 0 Å². The van der Waals surface area contributed by atoms with Crippen LogP contribution >= 0.6 is 0 Å². The second-order valence-corrected chi connectivity index (χ2v) is 4.64. The number of rotatable bonds is 6. The van der Waals surface area contributed by atoms with Gasteiger partial charge < -0.3 is 16.2 Å². The molecule has 1 aromatic carbocycles. The highest BCUT2D eigenvalue weighted by Crippen LogP contribution is 2.20. The number of benzene rings is 1. The summed E-state index contributed by atoms with van der Waals surface area (Å²) in [5, 5.41) is 13.3. The van der Waals surface area contributed by atoms with Crippen LogP contribution in [-0.2, 0) is 0 Å². The molecule has 0 aliphatic rings. The Morgan fingerprint density at radius 2 is 2.00 bits per heavy atom. The predicted octanol–water partition coefficient (Wildman–Crippen LogP) is 2.43. The molecule has 4 nitrogen and oxygen atoms in total. The zero-order valence-electron chi connectivity index (χ0n) is 11.3. The molecule has 4 heteroatoms. The van der Waals surface area contributed by atoms with Crippen LogP contribution in [0.25, 0.3) is 0 Å². The van der Waals surface area contributed by atoms with Gasteiger partial charge in [-0.1, -0.05) is 13.8 Å². The molecule has 0 fully saturated rings. The lowest BCUT2D eigenvalue weighted by molar-refractivity contribution is 0.0457. The van der Waals surface area contributed by atoms with Gasteiger partial charge in [-0.3, -0.25) is 4.79 Å². The molecule has 0 amide bonds. The molecule has 0 aliphatic carbocycles. The Morgan fingerprint density at radius 1 is 1.39 bits per heavy atom. The number of nitrogens with two attached hydrogens (primary N) is 1. The molecule has 1 rings (SSSR count). The van der Waals surface area contributed by atoms with Gasteiger partial charge >= 0.3 is 0 Å². The van der Waals surface area contributed by atoms with E-state index < -0.39 is 5.60 Å². The first kappa shape index (κ1) is 14.5.